The third kappa shape index (κ3) is 7.13. The van der Waals surface area contributed by atoms with Crippen LogP contribution >= 0.6 is 0 Å². The molecule has 1 unspecified atom stereocenters. The number of aliphatic hydroxyl groups is 4. The molecule has 11 nitrogen and oxygen atoms in total. The Kier molecular flexibility index (Phi) is 12.0. The van der Waals surface area contributed by atoms with Crippen LogP contribution in [0.5, 0.6) is 23.0 Å². The summed E-state index contributed by atoms with van der Waals surface area (Å²) in [5.74, 6) is -1.54. The van der Waals surface area contributed by atoms with Crippen LogP contribution in [0.4, 0.5) is 0 Å². The van der Waals surface area contributed by atoms with Crippen molar-refractivity contribution in [3.63, 3.8) is 0 Å². The summed E-state index contributed by atoms with van der Waals surface area (Å²) in [6.07, 6.45) is -0.437. The number of aromatic hydroxyl groups is 1. The third-order valence-corrected chi connectivity index (χ3v) is 6.50. The van der Waals surface area contributed by atoms with Gasteiger partial charge in [0.2, 0.25) is 17.8 Å². The van der Waals surface area contributed by atoms with Crippen LogP contribution in [0.2, 0.25) is 0 Å². The highest BCUT2D eigenvalue weighted by molar-refractivity contribution is 5.73. The number of carboxylic acid groups (broad SMARTS) is 1. The summed E-state index contributed by atoms with van der Waals surface area (Å²) >= 11 is 0. The quantitative estimate of drug-likeness (QED) is 0.187. The van der Waals surface area contributed by atoms with Gasteiger partial charge in [0, 0.05) is 17.7 Å². The van der Waals surface area contributed by atoms with Crippen molar-refractivity contribution in [2.75, 3.05) is 20.8 Å². The fourth-order valence-corrected chi connectivity index (χ4v) is 4.39. The Morgan fingerprint density at radius 3 is 1.92 bits per heavy atom. The van der Waals surface area contributed by atoms with Crippen LogP contribution in [0, 0.1) is 6.92 Å². The number of carboxylic acids is 1. The number of benzene rings is 1. The molecule has 2 rings (SSSR count). The second-order valence-electron chi connectivity index (χ2n) is 9.00. The fourth-order valence-electron chi connectivity index (χ4n) is 4.39. The molecule has 0 bridgehead atoms. The largest absolute Gasteiger partial charge is 0.504 e. The molecule has 5 atom stereocenters. The summed E-state index contributed by atoms with van der Waals surface area (Å²) in [5.41, 5.74) is 1.03. The van der Waals surface area contributed by atoms with Crippen molar-refractivity contribution in [2.45, 2.75) is 95.4 Å². The molecule has 1 saturated heterocycles. The highest BCUT2D eigenvalue weighted by Crippen LogP contribution is 2.50. The van der Waals surface area contributed by atoms with Crippen molar-refractivity contribution in [2.24, 2.45) is 0 Å². The summed E-state index contributed by atoms with van der Waals surface area (Å²) in [6.45, 7) is 1.91. The Morgan fingerprint density at radius 2 is 1.39 bits per heavy atom. The number of phenols is 1. The zero-order chi connectivity index (χ0) is 26.8. The molecule has 1 aromatic rings. The zero-order valence-corrected chi connectivity index (χ0v) is 21.2. The fraction of sp³-hybridized carbons (Fsp3) is 0.720. The van der Waals surface area contributed by atoms with E-state index in [1.807, 2.05) is 0 Å². The first kappa shape index (κ1) is 29.9. The van der Waals surface area contributed by atoms with Crippen molar-refractivity contribution < 1.29 is 54.4 Å². The number of phenolic OH excluding ortho intramolecular Hbond substituents is 1. The van der Waals surface area contributed by atoms with Gasteiger partial charge in [0.15, 0.2) is 17.6 Å². The molecular weight excluding hydrogens is 476 g/mol. The van der Waals surface area contributed by atoms with Crippen LogP contribution in [-0.4, -0.2) is 88.1 Å². The molecule has 36 heavy (non-hydrogen) atoms. The van der Waals surface area contributed by atoms with Gasteiger partial charge in [-0.2, -0.15) is 0 Å². The molecule has 1 aliphatic rings. The lowest BCUT2D eigenvalue weighted by Gasteiger charge is -2.39. The van der Waals surface area contributed by atoms with Gasteiger partial charge in [-0.05, 0) is 26.2 Å². The Morgan fingerprint density at radius 1 is 0.833 bits per heavy atom. The smallest absolute Gasteiger partial charge is 0.335 e. The third-order valence-electron chi connectivity index (χ3n) is 6.50. The lowest BCUT2D eigenvalue weighted by molar-refractivity contribution is -0.271. The van der Waals surface area contributed by atoms with Gasteiger partial charge in [-0.3, -0.25) is 0 Å². The minimum atomic E-state index is -1.85. The molecule has 1 aromatic carbocycles. The monoisotopic (exact) mass is 516 g/mol. The molecule has 0 spiro atoms. The Bertz CT molecular complexity index is 844. The topological polar surface area (TPSA) is 175 Å². The molecule has 0 saturated carbocycles. The Labute approximate surface area is 211 Å². The van der Waals surface area contributed by atoms with E-state index in [0.717, 1.165) is 51.4 Å². The standard InChI is InChI=1S/C25H40O11/c1-14-15(12-10-8-6-4-5-7-9-11-13-26)16(27)21(33-2)23(34-3)20(14)35-25-19(30)17(28)18(29)22(36-25)24(31)32/h17-19,22,25-30H,4-13H2,1-3H3,(H,31,32)/t17-,18-,19+,22-,25?/m0/s1. The molecular formula is C25H40O11. The number of methoxy groups -OCH3 is 2. The van der Waals surface area contributed by atoms with E-state index >= 15 is 0 Å². The van der Waals surface area contributed by atoms with E-state index in [4.69, 9.17) is 24.1 Å². The van der Waals surface area contributed by atoms with E-state index in [0.29, 0.717) is 17.5 Å². The van der Waals surface area contributed by atoms with Gasteiger partial charge in [0.25, 0.3) is 0 Å². The minimum Gasteiger partial charge on any atom is -0.504 e. The predicted molar refractivity (Wildman–Crippen MR) is 129 cm³/mol. The Hall–Kier alpha value is -2.31. The van der Waals surface area contributed by atoms with Crippen LogP contribution in [0.25, 0.3) is 0 Å². The van der Waals surface area contributed by atoms with Gasteiger partial charge in [0.1, 0.15) is 18.3 Å². The molecule has 1 aliphatic heterocycles. The number of aliphatic carboxylic acids is 1. The Balaban J connectivity index is 2.19. The summed E-state index contributed by atoms with van der Waals surface area (Å²) in [5, 5.41) is 59.4. The van der Waals surface area contributed by atoms with E-state index < -0.39 is 36.7 Å². The zero-order valence-electron chi connectivity index (χ0n) is 21.2. The molecule has 1 fully saturated rings. The molecule has 0 radical (unpaired) electrons. The van der Waals surface area contributed by atoms with Gasteiger partial charge >= 0.3 is 5.97 Å². The van der Waals surface area contributed by atoms with Crippen LogP contribution < -0.4 is 14.2 Å². The second-order valence-corrected chi connectivity index (χ2v) is 9.00. The van der Waals surface area contributed by atoms with Crippen LogP contribution in [0.1, 0.15) is 62.5 Å². The van der Waals surface area contributed by atoms with Gasteiger partial charge in [-0.25, -0.2) is 4.79 Å². The highest BCUT2D eigenvalue weighted by Gasteiger charge is 2.48. The van der Waals surface area contributed by atoms with Crippen molar-refractivity contribution >= 4 is 5.97 Å². The second kappa shape index (κ2) is 14.4. The summed E-state index contributed by atoms with van der Waals surface area (Å²) < 4.78 is 21.8. The first-order valence-corrected chi connectivity index (χ1v) is 12.4. The first-order valence-electron chi connectivity index (χ1n) is 12.4. The van der Waals surface area contributed by atoms with Crippen LogP contribution in [0.15, 0.2) is 0 Å². The van der Waals surface area contributed by atoms with Gasteiger partial charge < -0.3 is 49.6 Å². The summed E-state index contributed by atoms with van der Waals surface area (Å²) in [4.78, 5) is 11.4. The lowest BCUT2D eigenvalue weighted by Crippen LogP contribution is -2.61. The number of ether oxygens (including phenoxy) is 4. The van der Waals surface area contributed by atoms with E-state index in [-0.39, 0.29) is 29.6 Å². The molecule has 11 heteroatoms. The van der Waals surface area contributed by atoms with E-state index in [2.05, 4.69) is 0 Å². The summed E-state index contributed by atoms with van der Waals surface area (Å²) in [7, 11) is 2.68. The normalized spacial score (nSPS) is 23.9. The lowest BCUT2D eigenvalue weighted by atomic mass is 9.97. The number of aliphatic hydroxyl groups excluding tert-OH is 4. The predicted octanol–water partition coefficient (Wildman–Crippen LogP) is 1.64. The first-order chi connectivity index (χ1) is 17.2. The van der Waals surface area contributed by atoms with Gasteiger partial charge in [-0.1, -0.05) is 38.5 Å². The maximum absolute atomic E-state index is 11.4. The van der Waals surface area contributed by atoms with E-state index in [1.54, 1.807) is 6.92 Å². The van der Waals surface area contributed by atoms with Gasteiger partial charge in [-0.15, -0.1) is 0 Å². The average molecular weight is 517 g/mol. The number of hydrogen-bond acceptors (Lipinski definition) is 10. The molecule has 0 amide bonds. The maximum atomic E-state index is 11.4. The maximum Gasteiger partial charge on any atom is 0.335 e. The number of rotatable bonds is 15. The van der Waals surface area contributed by atoms with Crippen LogP contribution in [-0.2, 0) is 16.0 Å². The van der Waals surface area contributed by atoms with Gasteiger partial charge in [0.05, 0.1) is 14.2 Å². The van der Waals surface area contributed by atoms with E-state index in [1.165, 1.54) is 14.2 Å². The molecule has 6 N–H and O–H groups in total. The summed E-state index contributed by atoms with van der Waals surface area (Å²) in [6, 6.07) is 0. The molecule has 0 aliphatic carbocycles. The van der Waals surface area contributed by atoms with Crippen molar-refractivity contribution in [3.8, 4) is 23.0 Å². The molecule has 0 aromatic heterocycles. The average Bonchev–Trinajstić information content (AvgIpc) is 2.85. The molecule has 1 heterocycles. The van der Waals surface area contributed by atoms with Crippen LogP contribution in [0.3, 0.4) is 0 Å². The number of hydrogen-bond donors (Lipinski definition) is 6. The molecule has 206 valence electrons. The minimum absolute atomic E-state index is 0.0117. The highest BCUT2D eigenvalue weighted by atomic mass is 16.7. The SMILES string of the molecule is COc1c(O)c(CCCCCCCCCCO)c(C)c(OC2O[C@H](C(=O)O)[C@@H](O)[C@H](O)[C@H]2O)c1OC. The van der Waals surface area contributed by atoms with Crippen molar-refractivity contribution in [1.82, 2.24) is 0 Å². The van der Waals surface area contributed by atoms with Crippen molar-refractivity contribution in [3.05, 3.63) is 11.1 Å². The number of carbonyl (C=O) groups is 1. The number of unbranched alkanes of at least 4 members (excludes halogenated alkanes) is 7. The van der Waals surface area contributed by atoms with E-state index in [9.17, 15) is 30.3 Å². The van der Waals surface area contributed by atoms with Crippen molar-refractivity contribution in [1.29, 1.82) is 0 Å².